The maximum Gasteiger partial charge on any atom is 0.416 e. The summed E-state index contributed by atoms with van der Waals surface area (Å²) in [7, 11) is -3.14. The standard InChI is InChI=1S/C15H16F3N5O4S.C14H7ClF3NO5/c1-9-19-12(22-14(20-9)27-2)21-13(24)23-28(25,26)11-6-4-3-5-10(11)7-8-15(16,17)18;15-10-5-7(14(16,17)18)1-4-12(10)24-8-2-3-11(19(22)23)9(6-8)13(20)21/h3-6H,7-8H2,1-2H3,(H2,19,20,21,22,23,24);1-6H,(H,20,21). The Kier molecular flexibility index (Phi) is 12.9. The predicted octanol–water partition coefficient (Wildman–Crippen LogP) is 6.95. The van der Waals surface area contributed by atoms with Gasteiger partial charge in [0.25, 0.3) is 15.7 Å². The first-order valence-electron chi connectivity index (χ1n) is 13.9. The maximum absolute atomic E-state index is 12.6. The second-order valence-corrected chi connectivity index (χ2v) is 12.0. The van der Waals surface area contributed by atoms with Gasteiger partial charge in [0.2, 0.25) is 5.95 Å². The summed E-state index contributed by atoms with van der Waals surface area (Å²) in [5.74, 6) is -1.88. The highest BCUT2D eigenvalue weighted by molar-refractivity contribution is 7.90. The van der Waals surface area contributed by atoms with Crippen LogP contribution in [-0.2, 0) is 22.6 Å². The third-order valence-electron chi connectivity index (χ3n) is 6.18. The summed E-state index contributed by atoms with van der Waals surface area (Å²) >= 11 is 5.72. The zero-order chi connectivity index (χ0) is 39.0. The Balaban J connectivity index is 0.000000284. The molecule has 4 rings (SSSR count). The van der Waals surface area contributed by atoms with E-state index >= 15 is 0 Å². The number of methoxy groups -OCH3 is 1. The van der Waals surface area contributed by atoms with E-state index in [2.05, 4.69) is 20.3 Å². The molecule has 15 nitrogen and oxygen atoms in total. The molecule has 23 heteroatoms. The van der Waals surface area contributed by atoms with Crippen molar-refractivity contribution in [3.8, 4) is 17.5 Å². The number of aromatic nitrogens is 3. The van der Waals surface area contributed by atoms with Crippen molar-refractivity contribution in [1.82, 2.24) is 19.7 Å². The van der Waals surface area contributed by atoms with E-state index in [4.69, 9.17) is 26.2 Å². The molecule has 2 amide bonds. The number of hydrogen-bond donors (Lipinski definition) is 3. The number of alkyl halides is 6. The number of nitrogens with zero attached hydrogens (tertiary/aromatic N) is 4. The monoisotopic (exact) mass is 780 g/mol. The van der Waals surface area contributed by atoms with Crippen LogP contribution in [0, 0.1) is 17.0 Å². The van der Waals surface area contributed by atoms with Crippen molar-refractivity contribution in [2.45, 2.75) is 37.0 Å². The molecule has 1 aromatic heterocycles. The number of rotatable bonds is 10. The highest BCUT2D eigenvalue weighted by Gasteiger charge is 2.31. The average Bonchev–Trinajstić information content (AvgIpc) is 3.03. The minimum atomic E-state index is -4.58. The Morgan fingerprint density at radius 3 is 2.25 bits per heavy atom. The molecule has 0 unspecified atom stereocenters. The molecule has 4 aromatic rings. The van der Waals surface area contributed by atoms with Crippen LogP contribution in [0.15, 0.2) is 65.6 Å². The quantitative estimate of drug-likeness (QED) is 0.0847. The minimum absolute atomic E-state index is 0.0715. The number of carbonyl (C=O) groups excluding carboxylic acids is 1. The van der Waals surface area contributed by atoms with E-state index in [-0.39, 0.29) is 39.9 Å². The smallest absolute Gasteiger partial charge is 0.416 e. The Labute approximate surface area is 293 Å². The number of benzene rings is 3. The summed E-state index contributed by atoms with van der Waals surface area (Å²) in [6.07, 6.45) is -10.8. The number of carboxylic acid groups (broad SMARTS) is 1. The summed E-state index contributed by atoms with van der Waals surface area (Å²) in [5.41, 5.74) is -2.32. The lowest BCUT2D eigenvalue weighted by Crippen LogP contribution is -2.35. The fraction of sp³-hybridized carbons (Fsp3) is 0.207. The maximum atomic E-state index is 12.6. The molecule has 0 aliphatic heterocycles. The molecule has 0 aliphatic rings. The molecule has 0 saturated heterocycles. The molecular weight excluding hydrogens is 758 g/mol. The van der Waals surface area contributed by atoms with Crippen LogP contribution < -0.4 is 19.5 Å². The van der Waals surface area contributed by atoms with E-state index in [0.717, 1.165) is 36.4 Å². The molecule has 0 spiro atoms. The van der Waals surface area contributed by atoms with Crippen LogP contribution in [0.4, 0.5) is 42.8 Å². The van der Waals surface area contributed by atoms with Gasteiger partial charge in [-0.3, -0.25) is 15.4 Å². The summed E-state index contributed by atoms with van der Waals surface area (Å²) in [6, 6.07) is 9.08. The van der Waals surface area contributed by atoms with E-state index in [0.29, 0.717) is 6.07 Å². The zero-order valence-corrected chi connectivity index (χ0v) is 27.8. The number of aromatic carboxylic acids is 1. The summed E-state index contributed by atoms with van der Waals surface area (Å²) in [6.45, 7) is 1.50. The van der Waals surface area contributed by atoms with Crippen molar-refractivity contribution in [1.29, 1.82) is 0 Å². The topological polar surface area (TPSA) is 213 Å². The average molecular weight is 781 g/mol. The van der Waals surface area contributed by atoms with Gasteiger partial charge in [0.15, 0.2) is 0 Å². The number of nitro benzene ring substituents is 1. The van der Waals surface area contributed by atoms with Gasteiger partial charge in [0.1, 0.15) is 22.9 Å². The van der Waals surface area contributed by atoms with Crippen molar-refractivity contribution in [3.05, 3.63) is 98.3 Å². The lowest BCUT2D eigenvalue weighted by atomic mass is 10.1. The van der Waals surface area contributed by atoms with E-state index in [1.165, 1.54) is 32.2 Å². The first-order valence-corrected chi connectivity index (χ1v) is 15.8. The van der Waals surface area contributed by atoms with Gasteiger partial charge in [-0.1, -0.05) is 29.8 Å². The normalized spacial score (nSPS) is 11.5. The Bertz CT molecular complexity index is 2090. The number of anilines is 1. The second-order valence-electron chi connectivity index (χ2n) is 9.96. The van der Waals surface area contributed by atoms with Crippen molar-refractivity contribution in [2.24, 2.45) is 0 Å². The number of hydrogen-bond acceptors (Lipinski definition) is 11. The lowest BCUT2D eigenvalue weighted by molar-refractivity contribution is -0.385. The molecule has 3 aromatic carbocycles. The number of ether oxygens (including phenoxy) is 2. The fourth-order valence-electron chi connectivity index (χ4n) is 3.95. The molecule has 0 aliphatic carbocycles. The van der Waals surface area contributed by atoms with Crippen LogP contribution >= 0.6 is 11.6 Å². The van der Waals surface area contributed by atoms with Gasteiger partial charge in [0.05, 0.1) is 27.5 Å². The molecular formula is C29H23ClF6N6O9S. The molecule has 0 bridgehead atoms. The zero-order valence-electron chi connectivity index (χ0n) is 26.2. The highest BCUT2D eigenvalue weighted by atomic mass is 35.5. The first-order chi connectivity index (χ1) is 24.1. The third kappa shape index (κ3) is 11.7. The third-order valence-corrected chi connectivity index (χ3v) is 7.91. The Hall–Kier alpha value is -5.77. The SMILES string of the molecule is COc1nc(C)nc(NC(=O)NS(=O)(=O)c2ccccc2CCC(F)(F)F)n1.O=C(O)c1cc(Oc2ccc(C(F)(F)F)cc2Cl)ccc1[N+](=O)[O-]. The highest BCUT2D eigenvalue weighted by Crippen LogP contribution is 2.37. The van der Waals surface area contributed by atoms with E-state index in [1.807, 2.05) is 0 Å². The van der Waals surface area contributed by atoms with E-state index in [9.17, 15) is 54.5 Å². The first kappa shape index (κ1) is 40.7. The second kappa shape index (κ2) is 16.5. The Morgan fingerprint density at radius 1 is 1.00 bits per heavy atom. The molecule has 0 saturated carbocycles. The molecule has 0 fully saturated rings. The van der Waals surface area contributed by atoms with Crippen LogP contribution in [-0.4, -0.2) is 58.7 Å². The van der Waals surface area contributed by atoms with Crippen LogP contribution in [0.5, 0.6) is 17.5 Å². The van der Waals surface area contributed by atoms with Crippen LogP contribution in [0.3, 0.4) is 0 Å². The summed E-state index contributed by atoms with van der Waals surface area (Å²) < 4.78 is 112. The van der Waals surface area contributed by atoms with Crippen LogP contribution in [0.1, 0.15) is 33.7 Å². The molecule has 52 heavy (non-hydrogen) atoms. The summed E-state index contributed by atoms with van der Waals surface area (Å²) in [4.78, 5) is 43.9. The van der Waals surface area contributed by atoms with Crippen LogP contribution in [0.25, 0.3) is 0 Å². The van der Waals surface area contributed by atoms with Gasteiger partial charge < -0.3 is 14.6 Å². The number of amides is 2. The number of carbonyl (C=O) groups is 2. The molecule has 3 N–H and O–H groups in total. The largest absolute Gasteiger partial charge is 0.477 e. The van der Waals surface area contributed by atoms with Gasteiger partial charge >= 0.3 is 30.4 Å². The number of nitro groups is 1. The van der Waals surface area contributed by atoms with Gasteiger partial charge in [-0.15, -0.1) is 0 Å². The van der Waals surface area contributed by atoms with Crippen molar-refractivity contribution < 1.29 is 63.9 Å². The van der Waals surface area contributed by atoms with Crippen LogP contribution in [0.2, 0.25) is 5.02 Å². The van der Waals surface area contributed by atoms with E-state index < -0.39 is 73.9 Å². The molecule has 0 atom stereocenters. The minimum Gasteiger partial charge on any atom is -0.477 e. The molecule has 0 radical (unpaired) electrons. The van der Waals surface area contributed by atoms with Gasteiger partial charge in [0, 0.05) is 18.6 Å². The van der Waals surface area contributed by atoms with Gasteiger partial charge in [-0.25, -0.2) is 22.7 Å². The Morgan fingerprint density at radius 2 is 1.67 bits per heavy atom. The van der Waals surface area contributed by atoms with Gasteiger partial charge in [-0.05, 0) is 49.2 Å². The van der Waals surface area contributed by atoms with Crippen molar-refractivity contribution in [2.75, 3.05) is 12.4 Å². The number of aryl methyl sites for hydroxylation is 2. The number of halogens is 7. The van der Waals surface area contributed by atoms with Crippen molar-refractivity contribution in [3.63, 3.8) is 0 Å². The number of sulfonamides is 1. The number of urea groups is 1. The predicted molar refractivity (Wildman–Crippen MR) is 168 cm³/mol. The van der Waals surface area contributed by atoms with E-state index in [1.54, 1.807) is 4.72 Å². The number of carboxylic acids is 1. The molecule has 1 heterocycles. The molecule has 278 valence electrons. The lowest BCUT2D eigenvalue weighted by Gasteiger charge is -2.13. The van der Waals surface area contributed by atoms with Crippen molar-refractivity contribution >= 4 is 45.3 Å². The van der Waals surface area contributed by atoms with Gasteiger partial charge in [-0.2, -0.15) is 41.3 Å². The fourth-order valence-corrected chi connectivity index (χ4v) is 5.35. The number of nitrogens with one attached hydrogen (secondary N) is 2. The summed E-state index contributed by atoms with van der Waals surface area (Å²) in [5, 5.41) is 21.5.